The smallest absolute Gasteiger partial charge is 0.133 e. The quantitative estimate of drug-likeness (QED) is 0.615. The third kappa shape index (κ3) is 5.07. The highest BCUT2D eigenvalue weighted by Gasteiger charge is 2.20. The minimum Gasteiger partial charge on any atom is -0.300 e. The van der Waals surface area contributed by atoms with Crippen LogP contribution in [0, 0.1) is 17.8 Å². The molecule has 78 valence electrons. The molecule has 0 amide bonds. The Morgan fingerprint density at radius 2 is 1.69 bits per heavy atom. The Morgan fingerprint density at radius 1 is 1.15 bits per heavy atom. The Morgan fingerprint density at radius 3 is 2.00 bits per heavy atom. The van der Waals surface area contributed by atoms with E-state index in [0.717, 1.165) is 12.8 Å². The largest absolute Gasteiger partial charge is 0.300 e. The van der Waals surface area contributed by atoms with E-state index in [2.05, 4.69) is 27.7 Å². The lowest BCUT2D eigenvalue weighted by atomic mass is 9.83. The van der Waals surface area contributed by atoms with E-state index in [1.165, 1.54) is 6.42 Å². The molecule has 0 aliphatic heterocycles. The molecule has 0 aliphatic carbocycles. The monoisotopic (exact) mass is 184 g/mol. The van der Waals surface area contributed by atoms with Crippen LogP contribution in [0.2, 0.25) is 0 Å². The minimum absolute atomic E-state index is 0.299. The molecule has 0 spiro atoms. The van der Waals surface area contributed by atoms with Crippen LogP contribution in [0.15, 0.2) is 0 Å². The molecule has 2 unspecified atom stereocenters. The zero-order valence-electron chi connectivity index (χ0n) is 9.76. The van der Waals surface area contributed by atoms with Gasteiger partial charge in [-0.2, -0.15) is 0 Å². The third-order valence-electron chi connectivity index (χ3n) is 2.91. The topological polar surface area (TPSA) is 17.1 Å². The summed E-state index contributed by atoms with van der Waals surface area (Å²) >= 11 is 0. The van der Waals surface area contributed by atoms with Crippen molar-refractivity contribution in [2.75, 3.05) is 0 Å². The lowest BCUT2D eigenvalue weighted by Crippen LogP contribution is -2.19. The van der Waals surface area contributed by atoms with E-state index in [-0.39, 0.29) is 0 Å². The Balaban J connectivity index is 4.02. The van der Waals surface area contributed by atoms with Crippen LogP contribution in [0.25, 0.3) is 0 Å². The van der Waals surface area contributed by atoms with Crippen LogP contribution >= 0.6 is 0 Å². The number of Topliss-reactive ketones (excluding diaryl/α,β-unsaturated/α-hetero) is 1. The number of hydrogen-bond donors (Lipinski definition) is 0. The molecule has 0 aliphatic rings. The van der Waals surface area contributed by atoms with Gasteiger partial charge in [0, 0.05) is 5.92 Å². The molecular weight excluding hydrogens is 160 g/mol. The summed E-state index contributed by atoms with van der Waals surface area (Å²) in [5, 5.41) is 0. The van der Waals surface area contributed by atoms with Crippen LogP contribution in [0.4, 0.5) is 0 Å². The molecule has 1 heteroatoms. The van der Waals surface area contributed by atoms with Crippen LogP contribution in [0.3, 0.4) is 0 Å². The molecule has 0 aromatic carbocycles. The van der Waals surface area contributed by atoms with E-state index < -0.39 is 0 Å². The molecule has 0 aromatic heterocycles. The molecule has 0 saturated carbocycles. The molecule has 0 N–H and O–H groups in total. The summed E-state index contributed by atoms with van der Waals surface area (Å²) in [5.74, 6) is 1.93. The Bertz CT molecular complexity index is 149. The van der Waals surface area contributed by atoms with Crippen molar-refractivity contribution >= 4 is 5.78 Å². The summed E-state index contributed by atoms with van der Waals surface area (Å²) in [4.78, 5) is 11.4. The zero-order valence-corrected chi connectivity index (χ0v) is 9.76. The molecular formula is C12H24O. The van der Waals surface area contributed by atoms with E-state index in [0.29, 0.717) is 23.5 Å². The Hall–Kier alpha value is -0.330. The van der Waals surface area contributed by atoms with E-state index >= 15 is 0 Å². The number of carbonyl (C=O) groups excluding carboxylic acids is 1. The minimum atomic E-state index is 0.299. The van der Waals surface area contributed by atoms with Crippen LogP contribution in [0.1, 0.15) is 53.9 Å². The lowest BCUT2D eigenvalue weighted by Gasteiger charge is -2.20. The normalized spacial score (nSPS) is 15.8. The lowest BCUT2D eigenvalue weighted by molar-refractivity contribution is -0.122. The molecule has 0 radical (unpaired) electrons. The fourth-order valence-electron chi connectivity index (χ4n) is 1.69. The summed E-state index contributed by atoms with van der Waals surface area (Å²) in [7, 11) is 0. The van der Waals surface area contributed by atoms with Crippen molar-refractivity contribution in [2.45, 2.75) is 53.9 Å². The van der Waals surface area contributed by atoms with Crippen molar-refractivity contribution in [3.8, 4) is 0 Å². The molecule has 0 aromatic rings. The Kier molecular flexibility index (Phi) is 6.02. The maximum absolute atomic E-state index is 11.4. The SMILES string of the molecule is CCC(C)C(CCC(C)C)C(C)=O. The van der Waals surface area contributed by atoms with Crippen molar-refractivity contribution in [3.63, 3.8) is 0 Å². The van der Waals surface area contributed by atoms with Gasteiger partial charge in [-0.3, -0.25) is 4.79 Å². The second-order valence-electron chi connectivity index (χ2n) is 4.57. The third-order valence-corrected chi connectivity index (χ3v) is 2.91. The van der Waals surface area contributed by atoms with Gasteiger partial charge in [0.05, 0.1) is 0 Å². The predicted octanol–water partition coefficient (Wildman–Crippen LogP) is 3.67. The fraction of sp³-hybridized carbons (Fsp3) is 0.917. The maximum atomic E-state index is 11.4. The van der Waals surface area contributed by atoms with E-state index in [1.807, 2.05) is 0 Å². The highest BCUT2D eigenvalue weighted by molar-refractivity contribution is 5.78. The van der Waals surface area contributed by atoms with Crippen LogP contribution in [-0.2, 0) is 4.79 Å². The molecule has 0 heterocycles. The van der Waals surface area contributed by atoms with E-state index in [9.17, 15) is 4.79 Å². The van der Waals surface area contributed by atoms with Crippen molar-refractivity contribution < 1.29 is 4.79 Å². The first-order valence-electron chi connectivity index (χ1n) is 5.49. The molecule has 1 nitrogen and oxygen atoms in total. The molecule has 2 atom stereocenters. The van der Waals surface area contributed by atoms with Crippen molar-refractivity contribution in [2.24, 2.45) is 17.8 Å². The maximum Gasteiger partial charge on any atom is 0.133 e. The fourth-order valence-corrected chi connectivity index (χ4v) is 1.69. The first-order chi connectivity index (χ1) is 5.99. The van der Waals surface area contributed by atoms with Gasteiger partial charge in [0.25, 0.3) is 0 Å². The van der Waals surface area contributed by atoms with Gasteiger partial charge in [-0.15, -0.1) is 0 Å². The highest BCUT2D eigenvalue weighted by atomic mass is 16.1. The van der Waals surface area contributed by atoms with E-state index in [4.69, 9.17) is 0 Å². The number of ketones is 1. The van der Waals surface area contributed by atoms with Crippen LogP contribution in [0.5, 0.6) is 0 Å². The summed E-state index contributed by atoms with van der Waals surface area (Å²) in [6, 6.07) is 0. The number of carbonyl (C=O) groups is 1. The first-order valence-corrected chi connectivity index (χ1v) is 5.49. The highest BCUT2D eigenvalue weighted by Crippen LogP contribution is 2.23. The van der Waals surface area contributed by atoms with Gasteiger partial charge in [0.1, 0.15) is 5.78 Å². The number of rotatable bonds is 6. The number of hydrogen-bond acceptors (Lipinski definition) is 1. The average molecular weight is 184 g/mol. The van der Waals surface area contributed by atoms with Gasteiger partial charge in [-0.25, -0.2) is 0 Å². The van der Waals surface area contributed by atoms with Crippen LogP contribution < -0.4 is 0 Å². The zero-order chi connectivity index (χ0) is 10.4. The van der Waals surface area contributed by atoms with Crippen molar-refractivity contribution in [3.05, 3.63) is 0 Å². The molecule has 0 rings (SSSR count). The molecule has 0 fully saturated rings. The molecule has 0 saturated heterocycles. The van der Waals surface area contributed by atoms with Gasteiger partial charge in [0.2, 0.25) is 0 Å². The van der Waals surface area contributed by atoms with Gasteiger partial charge in [-0.1, -0.05) is 40.5 Å². The summed E-state index contributed by atoms with van der Waals surface area (Å²) in [6.45, 7) is 10.5. The van der Waals surface area contributed by atoms with Gasteiger partial charge in [0.15, 0.2) is 0 Å². The second-order valence-corrected chi connectivity index (χ2v) is 4.57. The Labute approximate surface area is 82.9 Å². The first kappa shape index (κ1) is 12.7. The van der Waals surface area contributed by atoms with Gasteiger partial charge < -0.3 is 0 Å². The molecule has 13 heavy (non-hydrogen) atoms. The van der Waals surface area contributed by atoms with Gasteiger partial charge >= 0.3 is 0 Å². The van der Waals surface area contributed by atoms with Crippen LogP contribution in [-0.4, -0.2) is 5.78 Å². The van der Waals surface area contributed by atoms with Crippen molar-refractivity contribution in [1.29, 1.82) is 0 Å². The van der Waals surface area contributed by atoms with Gasteiger partial charge in [-0.05, 0) is 25.2 Å². The molecule has 0 bridgehead atoms. The standard InChI is InChI=1S/C12H24O/c1-6-10(4)12(11(5)13)8-7-9(2)3/h9-10,12H,6-8H2,1-5H3. The summed E-state index contributed by atoms with van der Waals surface area (Å²) in [6.07, 6.45) is 3.36. The average Bonchev–Trinajstić information content (AvgIpc) is 2.03. The predicted molar refractivity (Wildman–Crippen MR) is 57.7 cm³/mol. The van der Waals surface area contributed by atoms with E-state index in [1.54, 1.807) is 6.92 Å². The second kappa shape index (κ2) is 6.17. The summed E-state index contributed by atoms with van der Waals surface area (Å²) < 4.78 is 0. The summed E-state index contributed by atoms with van der Waals surface area (Å²) in [5.41, 5.74) is 0. The van der Waals surface area contributed by atoms with Crippen molar-refractivity contribution in [1.82, 2.24) is 0 Å².